The Hall–Kier alpha value is -2.10. The summed E-state index contributed by atoms with van der Waals surface area (Å²) in [6.45, 7) is 12.5. The van der Waals surface area contributed by atoms with E-state index < -0.39 is 0 Å². The molecule has 2 aliphatic carbocycles. The van der Waals surface area contributed by atoms with E-state index >= 15 is 0 Å². The maximum absolute atomic E-state index is 5.01. The smallest absolute Gasteiger partial charge is 0.126 e. The minimum absolute atomic E-state index is 0.0176. The monoisotopic (exact) mass is 406 g/mol. The molecule has 2 fully saturated rings. The second kappa shape index (κ2) is 8.20. The van der Waals surface area contributed by atoms with Gasteiger partial charge in [0.1, 0.15) is 11.6 Å². The molecule has 2 N–H and O–H groups in total. The third-order valence-corrected chi connectivity index (χ3v) is 6.63. The summed E-state index contributed by atoms with van der Waals surface area (Å²) >= 11 is 0. The average molecular weight is 407 g/mol. The fourth-order valence-electron chi connectivity index (χ4n) is 4.02. The molecule has 0 radical (unpaired) electrons. The van der Waals surface area contributed by atoms with E-state index in [4.69, 9.17) is 4.98 Å². The molecule has 2 aromatic rings. The van der Waals surface area contributed by atoms with Crippen LogP contribution in [0.3, 0.4) is 0 Å². The fourth-order valence-corrected chi connectivity index (χ4v) is 4.02. The van der Waals surface area contributed by atoms with Crippen LogP contribution in [0, 0.1) is 5.92 Å². The maximum atomic E-state index is 5.01. The molecule has 0 aromatic carbocycles. The Kier molecular flexibility index (Phi) is 5.78. The topological polar surface area (TPSA) is 49.8 Å². The standard InChI is InChI=1S/C26H38N4/c1-25(2,3)20-13-22(30-24(15-20)28-17-18-9-10-18)16-26(4,5)19-11-12-27-23(14-19)29-21-7-6-8-21/h11-15,18,21H,6-10,16-17H2,1-5H3,(H,27,29)(H,28,30). The summed E-state index contributed by atoms with van der Waals surface area (Å²) in [7, 11) is 0. The van der Waals surface area contributed by atoms with Gasteiger partial charge in [-0.2, -0.15) is 0 Å². The van der Waals surface area contributed by atoms with Crippen molar-refractivity contribution in [3.05, 3.63) is 47.3 Å². The Bertz CT molecular complexity index is 873. The zero-order valence-corrected chi connectivity index (χ0v) is 19.4. The van der Waals surface area contributed by atoms with Gasteiger partial charge in [0.15, 0.2) is 0 Å². The molecule has 0 spiro atoms. The van der Waals surface area contributed by atoms with E-state index in [1.165, 1.54) is 43.2 Å². The van der Waals surface area contributed by atoms with Crippen LogP contribution >= 0.6 is 0 Å². The summed E-state index contributed by atoms with van der Waals surface area (Å²) in [5.41, 5.74) is 3.92. The van der Waals surface area contributed by atoms with Gasteiger partial charge in [-0.05, 0) is 90.7 Å². The number of hydrogen-bond donors (Lipinski definition) is 2. The van der Waals surface area contributed by atoms with Crippen molar-refractivity contribution < 1.29 is 0 Å². The van der Waals surface area contributed by atoms with Crippen molar-refractivity contribution in [3.63, 3.8) is 0 Å². The van der Waals surface area contributed by atoms with Crippen LogP contribution in [0.15, 0.2) is 30.5 Å². The van der Waals surface area contributed by atoms with Crippen molar-refractivity contribution in [2.24, 2.45) is 5.92 Å². The molecule has 162 valence electrons. The number of rotatable bonds is 8. The van der Waals surface area contributed by atoms with E-state index in [0.29, 0.717) is 6.04 Å². The van der Waals surface area contributed by atoms with Crippen LogP contribution in [-0.2, 0) is 17.3 Å². The van der Waals surface area contributed by atoms with Crippen molar-refractivity contribution in [3.8, 4) is 0 Å². The first kappa shape index (κ1) is 21.1. The predicted octanol–water partition coefficient (Wildman–Crippen LogP) is 6.08. The maximum Gasteiger partial charge on any atom is 0.126 e. The summed E-state index contributed by atoms with van der Waals surface area (Å²) in [6.07, 6.45) is 9.40. The Morgan fingerprint density at radius 3 is 2.30 bits per heavy atom. The normalized spacial score (nSPS) is 17.5. The van der Waals surface area contributed by atoms with Gasteiger partial charge in [-0.3, -0.25) is 0 Å². The third-order valence-electron chi connectivity index (χ3n) is 6.63. The molecule has 0 amide bonds. The van der Waals surface area contributed by atoms with Crippen LogP contribution in [-0.4, -0.2) is 22.6 Å². The molecular weight excluding hydrogens is 368 g/mol. The summed E-state index contributed by atoms with van der Waals surface area (Å²) in [5.74, 6) is 2.87. The molecular formula is C26H38N4. The van der Waals surface area contributed by atoms with Gasteiger partial charge in [-0.1, -0.05) is 34.6 Å². The minimum atomic E-state index is -0.0176. The van der Waals surface area contributed by atoms with Crippen LogP contribution in [0.1, 0.15) is 83.5 Å². The van der Waals surface area contributed by atoms with Gasteiger partial charge in [0.05, 0.1) is 0 Å². The molecule has 4 heteroatoms. The Morgan fingerprint density at radius 1 is 0.933 bits per heavy atom. The van der Waals surface area contributed by atoms with Crippen molar-refractivity contribution in [1.29, 1.82) is 0 Å². The second-order valence-electron chi connectivity index (χ2n) is 11.1. The van der Waals surface area contributed by atoms with Crippen molar-refractivity contribution in [2.45, 2.75) is 90.0 Å². The highest BCUT2D eigenvalue weighted by atomic mass is 15.0. The van der Waals surface area contributed by atoms with Crippen LogP contribution in [0.5, 0.6) is 0 Å². The molecule has 0 bridgehead atoms. The fraction of sp³-hybridized carbons (Fsp3) is 0.615. The highest BCUT2D eigenvalue weighted by Gasteiger charge is 2.26. The van der Waals surface area contributed by atoms with E-state index in [1.807, 2.05) is 6.20 Å². The first-order valence-corrected chi connectivity index (χ1v) is 11.7. The zero-order valence-electron chi connectivity index (χ0n) is 19.4. The van der Waals surface area contributed by atoms with E-state index in [2.05, 4.69) is 74.5 Å². The molecule has 0 saturated heterocycles. The van der Waals surface area contributed by atoms with Gasteiger partial charge in [-0.25, -0.2) is 9.97 Å². The lowest BCUT2D eigenvalue weighted by atomic mass is 9.79. The molecule has 4 nitrogen and oxygen atoms in total. The highest BCUT2D eigenvalue weighted by Crippen LogP contribution is 2.33. The van der Waals surface area contributed by atoms with Crippen molar-refractivity contribution in [1.82, 2.24) is 9.97 Å². The number of aromatic nitrogens is 2. The number of anilines is 2. The lowest BCUT2D eigenvalue weighted by Crippen LogP contribution is -2.28. The van der Waals surface area contributed by atoms with Gasteiger partial charge >= 0.3 is 0 Å². The summed E-state index contributed by atoms with van der Waals surface area (Å²) in [5, 5.41) is 7.19. The van der Waals surface area contributed by atoms with E-state index in [0.717, 1.165) is 36.2 Å². The number of hydrogen-bond acceptors (Lipinski definition) is 4. The quantitative estimate of drug-likeness (QED) is 0.558. The third kappa shape index (κ3) is 5.33. The number of nitrogens with zero attached hydrogens (tertiary/aromatic N) is 2. The Balaban J connectivity index is 1.54. The van der Waals surface area contributed by atoms with Gasteiger partial charge in [0.25, 0.3) is 0 Å². The van der Waals surface area contributed by atoms with Gasteiger partial charge in [-0.15, -0.1) is 0 Å². The summed E-state index contributed by atoms with van der Waals surface area (Å²) in [6, 6.07) is 9.54. The number of pyridine rings is 2. The van der Waals surface area contributed by atoms with Crippen LogP contribution in [0.25, 0.3) is 0 Å². The molecule has 4 rings (SSSR count). The second-order valence-corrected chi connectivity index (χ2v) is 11.1. The SMILES string of the molecule is CC(C)(C)c1cc(CC(C)(C)c2ccnc(NC3CCC3)c2)nc(NCC2CC2)c1. The molecule has 2 saturated carbocycles. The molecule has 30 heavy (non-hydrogen) atoms. The Labute approximate surface area is 182 Å². The zero-order chi connectivity index (χ0) is 21.4. The van der Waals surface area contributed by atoms with Crippen LogP contribution in [0.2, 0.25) is 0 Å². The Morgan fingerprint density at radius 2 is 1.67 bits per heavy atom. The predicted molar refractivity (Wildman–Crippen MR) is 126 cm³/mol. The van der Waals surface area contributed by atoms with Crippen molar-refractivity contribution >= 4 is 11.6 Å². The lowest BCUT2D eigenvalue weighted by Gasteiger charge is -2.29. The van der Waals surface area contributed by atoms with E-state index in [9.17, 15) is 0 Å². The van der Waals surface area contributed by atoms with Crippen LogP contribution in [0.4, 0.5) is 11.6 Å². The first-order chi connectivity index (χ1) is 14.2. The highest BCUT2D eigenvalue weighted by molar-refractivity contribution is 5.45. The molecule has 2 aromatic heterocycles. The molecule has 0 atom stereocenters. The first-order valence-electron chi connectivity index (χ1n) is 11.7. The van der Waals surface area contributed by atoms with Gasteiger partial charge in [0, 0.05) is 24.5 Å². The average Bonchev–Trinajstić information content (AvgIpc) is 3.47. The minimum Gasteiger partial charge on any atom is -0.370 e. The molecule has 2 aliphatic rings. The molecule has 2 heterocycles. The molecule has 0 aliphatic heterocycles. The summed E-state index contributed by atoms with van der Waals surface area (Å²) in [4.78, 5) is 9.56. The van der Waals surface area contributed by atoms with Gasteiger partial charge in [0.2, 0.25) is 0 Å². The van der Waals surface area contributed by atoms with E-state index in [-0.39, 0.29) is 10.8 Å². The molecule has 0 unspecified atom stereocenters. The van der Waals surface area contributed by atoms with E-state index in [1.54, 1.807) is 0 Å². The lowest BCUT2D eigenvalue weighted by molar-refractivity contribution is 0.444. The largest absolute Gasteiger partial charge is 0.370 e. The van der Waals surface area contributed by atoms with Crippen molar-refractivity contribution in [2.75, 3.05) is 17.2 Å². The number of nitrogens with one attached hydrogen (secondary N) is 2. The van der Waals surface area contributed by atoms with Crippen LogP contribution < -0.4 is 10.6 Å². The van der Waals surface area contributed by atoms with Gasteiger partial charge < -0.3 is 10.6 Å². The summed E-state index contributed by atoms with van der Waals surface area (Å²) < 4.78 is 0.